The molecule has 30 heavy (non-hydrogen) atoms. The van der Waals surface area contributed by atoms with Crippen LogP contribution < -0.4 is 4.90 Å². The standard InChI is InChI=1S/C21H20F3N3O3/c1-20(12-14-4-2-3-5-16(14)18(28)30-20)19(29)27-10-8-26(9-11-27)17-7-6-15(13-25-17)21(22,23)24/h2-7,13H,8-12H2,1H3. The van der Waals surface area contributed by atoms with E-state index in [1.807, 2.05) is 17.0 Å². The van der Waals surface area contributed by atoms with Crippen molar-refractivity contribution in [2.45, 2.75) is 25.1 Å². The topological polar surface area (TPSA) is 62.7 Å². The molecule has 4 rings (SSSR count). The van der Waals surface area contributed by atoms with Crippen LogP contribution >= 0.6 is 0 Å². The summed E-state index contributed by atoms with van der Waals surface area (Å²) in [5, 5.41) is 0. The molecular weight excluding hydrogens is 399 g/mol. The molecule has 6 nitrogen and oxygen atoms in total. The lowest BCUT2D eigenvalue weighted by Crippen LogP contribution is -2.58. The molecule has 1 unspecified atom stereocenters. The Balaban J connectivity index is 1.42. The van der Waals surface area contributed by atoms with Gasteiger partial charge in [-0.2, -0.15) is 13.2 Å². The van der Waals surface area contributed by atoms with Crippen molar-refractivity contribution in [3.63, 3.8) is 0 Å². The van der Waals surface area contributed by atoms with E-state index in [4.69, 9.17) is 4.74 Å². The number of hydrogen-bond acceptors (Lipinski definition) is 5. The first-order valence-corrected chi connectivity index (χ1v) is 9.56. The van der Waals surface area contributed by atoms with Gasteiger partial charge in [0, 0.05) is 38.8 Å². The number of esters is 1. The molecule has 0 bridgehead atoms. The maximum atomic E-state index is 13.1. The Kier molecular flexibility index (Phi) is 4.91. The first kappa shape index (κ1) is 20.2. The number of benzene rings is 1. The molecule has 2 aromatic rings. The summed E-state index contributed by atoms with van der Waals surface area (Å²) in [4.78, 5) is 32.8. The summed E-state index contributed by atoms with van der Waals surface area (Å²) < 4.78 is 43.6. The highest BCUT2D eigenvalue weighted by Crippen LogP contribution is 2.31. The Morgan fingerprint density at radius 1 is 1.10 bits per heavy atom. The van der Waals surface area contributed by atoms with Crippen LogP contribution in [0.15, 0.2) is 42.6 Å². The van der Waals surface area contributed by atoms with Crippen molar-refractivity contribution in [3.8, 4) is 0 Å². The van der Waals surface area contributed by atoms with Crippen molar-refractivity contribution in [2.75, 3.05) is 31.1 Å². The predicted molar refractivity (Wildman–Crippen MR) is 102 cm³/mol. The molecule has 1 amide bonds. The van der Waals surface area contributed by atoms with Gasteiger partial charge in [0.25, 0.3) is 5.91 Å². The Morgan fingerprint density at radius 3 is 2.43 bits per heavy atom. The molecule has 3 heterocycles. The second-order valence-electron chi connectivity index (χ2n) is 7.64. The molecule has 2 aliphatic rings. The van der Waals surface area contributed by atoms with Crippen molar-refractivity contribution in [1.82, 2.24) is 9.88 Å². The number of rotatable bonds is 2. The van der Waals surface area contributed by atoms with Crippen LogP contribution in [0.1, 0.15) is 28.4 Å². The third-order valence-corrected chi connectivity index (χ3v) is 5.50. The second kappa shape index (κ2) is 7.30. The fourth-order valence-corrected chi connectivity index (χ4v) is 3.87. The number of alkyl halides is 3. The normalized spacial score (nSPS) is 21.8. The van der Waals surface area contributed by atoms with Gasteiger partial charge < -0.3 is 14.5 Å². The van der Waals surface area contributed by atoms with E-state index in [1.165, 1.54) is 6.07 Å². The second-order valence-corrected chi connectivity index (χ2v) is 7.64. The van der Waals surface area contributed by atoms with E-state index in [0.29, 0.717) is 44.0 Å². The van der Waals surface area contributed by atoms with Gasteiger partial charge in [-0.05, 0) is 30.7 Å². The molecule has 1 aromatic heterocycles. The van der Waals surface area contributed by atoms with E-state index in [9.17, 15) is 22.8 Å². The van der Waals surface area contributed by atoms with Crippen LogP contribution in [0.3, 0.4) is 0 Å². The molecule has 0 N–H and O–H groups in total. The number of cyclic esters (lactones) is 1. The summed E-state index contributed by atoms with van der Waals surface area (Å²) in [6, 6.07) is 9.39. The Hall–Kier alpha value is -3.10. The van der Waals surface area contributed by atoms with Gasteiger partial charge in [0.05, 0.1) is 11.1 Å². The van der Waals surface area contributed by atoms with E-state index in [0.717, 1.165) is 17.8 Å². The Bertz CT molecular complexity index is 969. The van der Waals surface area contributed by atoms with Crippen molar-refractivity contribution in [1.29, 1.82) is 0 Å². The van der Waals surface area contributed by atoms with Gasteiger partial charge in [0.15, 0.2) is 5.60 Å². The quantitative estimate of drug-likeness (QED) is 0.701. The molecule has 0 aliphatic carbocycles. The van der Waals surface area contributed by atoms with Crippen LogP contribution in [-0.4, -0.2) is 53.5 Å². The first-order chi connectivity index (χ1) is 14.2. The van der Waals surface area contributed by atoms with Crippen LogP contribution in [0.2, 0.25) is 0 Å². The molecule has 9 heteroatoms. The average molecular weight is 419 g/mol. The van der Waals surface area contributed by atoms with Gasteiger partial charge in [0.2, 0.25) is 0 Å². The Morgan fingerprint density at radius 2 is 1.80 bits per heavy atom. The molecule has 1 aromatic carbocycles. The lowest BCUT2D eigenvalue weighted by Gasteiger charge is -2.41. The number of anilines is 1. The zero-order valence-corrected chi connectivity index (χ0v) is 16.3. The van der Waals surface area contributed by atoms with Gasteiger partial charge in [-0.1, -0.05) is 18.2 Å². The van der Waals surface area contributed by atoms with Crippen molar-refractivity contribution in [3.05, 3.63) is 59.3 Å². The number of piperazine rings is 1. The number of amides is 1. The highest BCUT2D eigenvalue weighted by atomic mass is 19.4. The maximum absolute atomic E-state index is 13.1. The fourth-order valence-electron chi connectivity index (χ4n) is 3.87. The van der Waals surface area contributed by atoms with Gasteiger partial charge in [-0.3, -0.25) is 4.79 Å². The number of ether oxygens (including phenoxy) is 1. The molecule has 1 atom stereocenters. The predicted octanol–water partition coefficient (Wildman–Crippen LogP) is 2.92. The number of halogens is 3. The summed E-state index contributed by atoms with van der Waals surface area (Å²) >= 11 is 0. The summed E-state index contributed by atoms with van der Waals surface area (Å²) in [7, 11) is 0. The molecule has 158 valence electrons. The number of carbonyl (C=O) groups excluding carboxylic acids is 2. The number of hydrogen-bond donors (Lipinski definition) is 0. The maximum Gasteiger partial charge on any atom is 0.417 e. The molecule has 0 spiro atoms. The number of nitrogens with zero attached hydrogens (tertiary/aromatic N) is 3. The number of carbonyl (C=O) groups is 2. The smallest absolute Gasteiger partial charge is 0.417 e. The third kappa shape index (κ3) is 3.71. The highest BCUT2D eigenvalue weighted by molar-refractivity contribution is 5.97. The SMILES string of the molecule is CC1(C(=O)N2CCN(c3ccc(C(F)(F)F)cn3)CC2)Cc2ccccc2C(=O)O1. The fraction of sp³-hybridized carbons (Fsp3) is 0.381. The van der Waals surface area contributed by atoms with E-state index < -0.39 is 23.3 Å². The summed E-state index contributed by atoms with van der Waals surface area (Å²) in [6.45, 7) is 3.18. The highest BCUT2D eigenvalue weighted by Gasteiger charge is 2.45. The summed E-state index contributed by atoms with van der Waals surface area (Å²) in [5.74, 6) is -0.356. The minimum atomic E-state index is -4.43. The third-order valence-electron chi connectivity index (χ3n) is 5.50. The van der Waals surface area contributed by atoms with Gasteiger partial charge in [0.1, 0.15) is 5.82 Å². The number of pyridine rings is 1. The molecule has 1 saturated heterocycles. The molecule has 2 aliphatic heterocycles. The van der Waals surface area contributed by atoms with E-state index in [2.05, 4.69) is 4.98 Å². The molecular formula is C21H20F3N3O3. The van der Waals surface area contributed by atoms with Crippen molar-refractivity contribution < 1.29 is 27.5 Å². The molecule has 0 radical (unpaired) electrons. The van der Waals surface area contributed by atoms with Gasteiger partial charge in [-0.25, -0.2) is 9.78 Å². The zero-order chi connectivity index (χ0) is 21.5. The van der Waals surface area contributed by atoms with Crippen LogP contribution in [-0.2, 0) is 22.1 Å². The van der Waals surface area contributed by atoms with Crippen LogP contribution in [0.25, 0.3) is 0 Å². The van der Waals surface area contributed by atoms with Gasteiger partial charge >= 0.3 is 12.1 Å². The molecule has 1 fully saturated rings. The lowest BCUT2D eigenvalue weighted by molar-refractivity contribution is -0.151. The zero-order valence-electron chi connectivity index (χ0n) is 16.3. The van der Waals surface area contributed by atoms with E-state index in [-0.39, 0.29) is 5.91 Å². The number of fused-ring (bicyclic) bond motifs is 1. The van der Waals surface area contributed by atoms with Crippen molar-refractivity contribution >= 4 is 17.7 Å². The van der Waals surface area contributed by atoms with Crippen LogP contribution in [0, 0.1) is 0 Å². The Labute approximate surface area is 171 Å². The van der Waals surface area contributed by atoms with Crippen LogP contribution in [0.4, 0.5) is 19.0 Å². The molecule has 0 saturated carbocycles. The minimum absolute atomic E-state index is 0.273. The minimum Gasteiger partial charge on any atom is -0.445 e. The average Bonchev–Trinajstić information content (AvgIpc) is 2.73. The monoisotopic (exact) mass is 419 g/mol. The van der Waals surface area contributed by atoms with E-state index >= 15 is 0 Å². The summed E-state index contributed by atoms with van der Waals surface area (Å²) in [5.41, 5.74) is -0.828. The number of aromatic nitrogens is 1. The van der Waals surface area contributed by atoms with E-state index in [1.54, 1.807) is 24.0 Å². The largest absolute Gasteiger partial charge is 0.445 e. The van der Waals surface area contributed by atoms with Crippen molar-refractivity contribution in [2.24, 2.45) is 0 Å². The van der Waals surface area contributed by atoms with Crippen LogP contribution in [0.5, 0.6) is 0 Å². The lowest BCUT2D eigenvalue weighted by atomic mass is 9.88. The van der Waals surface area contributed by atoms with Gasteiger partial charge in [-0.15, -0.1) is 0 Å². The summed E-state index contributed by atoms with van der Waals surface area (Å²) in [6.07, 6.45) is -3.32. The first-order valence-electron chi connectivity index (χ1n) is 9.56.